The lowest BCUT2D eigenvalue weighted by molar-refractivity contribution is 1.13. The van der Waals surface area contributed by atoms with E-state index in [1.165, 1.54) is 27.3 Å². The molecular formula is C19H30S. The van der Waals surface area contributed by atoms with Gasteiger partial charge < -0.3 is 0 Å². The molecule has 0 aliphatic carbocycles. The van der Waals surface area contributed by atoms with E-state index in [0.717, 1.165) is 12.8 Å². The van der Waals surface area contributed by atoms with Crippen LogP contribution in [0, 0.1) is 6.92 Å². The fourth-order valence-electron chi connectivity index (χ4n) is 1.85. The largest absolute Gasteiger partial charge is 0.126 e. The van der Waals surface area contributed by atoms with Crippen LogP contribution in [0.15, 0.2) is 46.9 Å². The lowest BCUT2D eigenvalue weighted by atomic mass is 10.1. The monoisotopic (exact) mass is 290 g/mol. The van der Waals surface area contributed by atoms with Crippen LogP contribution >= 0.6 is 11.8 Å². The molecule has 1 heteroatoms. The van der Waals surface area contributed by atoms with Gasteiger partial charge in [-0.3, -0.25) is 0 Å². The fraction of sp³-hybridized carbons (Fsp3) is 0.474. The summed E-state index contributed by atoms with van der Waals surface area (Å²) in [4.78, 5) is 1.45. The van der Waals surface area contributed by atoms with Crippen LogP contribution in [0.5, 0.6) is 0 Å². The summed E-state index contributed by atoms with van der Waals surface area (Å²) in [5, 5.41) is 0. The van der Waals surface area contributed by atoms with Crippen LogP contribution in [0.4, 0.5) is 0 Å². The molecule has 1 aromatic rings. The second-order valence-electron chi connectivity index (χ2n) is 4.30. The molecule has 0 spiro atoms. The molecule has 1 aliphatic heterocycles. The Morgan fingerprint density at radius 3 is 2.40 bits per heavy atom. The number of allylic oxidation sites excluding steroid dienone is 4. The maximum absolute atomic E-state index is 2.32. The molecule has 0 nitrogen and oxygen atoms in total. The van der Waals surface area contributed by atoms with Gasteiger partial charge in [-0.25, -0.2) is 0 Å². The number of fused-ring (bicyclic) bond motifs is 1. The smallest absolute Gasteiger partial charge is 0.0107 e. The molecule has 0 radical (unpaired) electrons. The van der Waals surface area contributed by atoms with E-state index in [0.29, 0.717) is 0 Å². The van der Waals surface area contributed by atoms with Gasteiger partial charge in [-0.1, -0.05) is 69.2 Å². The van der Waals surface area contributed by atoms with Crippen molar-refractivity contribution >= 4 is 11.8 Å². The molecule has 0 unspecified atom stereocenters. The van der Waals surface area contributed by atoms with E-state index < -0.39 is 0 Å². The first-order valence-corrected chi connectivity index (χ1v) is 8.80. The Balaban J connectivity index is 0.000000829. The maximum Gasteiger partial charge on any atom is 0.0107 e. The van der Waals surface area contributed by atoms with Crippen LogP contribution in [0.25, 0.3) is 0 Å². The van der Waals surface area contributed by atoms with Crippen LogP contribution in [0.2, 0.25) is 0 Å². The van der Waals surface area contributed by atoms with Crippen molar-refractivity contribution in [3.8, 4) is 0 Å². The average Bonchev–Trinajstić information content (AvgIpc) is 2.50. The number of benzene rings is 1. The summed E-state index contributed by atoms with van der Waals surface area (Å²) in [7, 11) is 0. The zero-order valence-electron chi connectivity index (χ0n) is 14.0. The average molecular weight is 291 g/mol. The van der Waals surface area contributed by atoms with E-state index in [1.54, 1.807) is 0 Å². The fourth-order valence-corrected chi connectivity index (χ4v) is 2.82. The van der Waals surface area contributed by atoms with E-state index in [4.69, 9.17) is 0 Å². The van der Waals surface area contributed by atoms with Crippen LogP contribution in [-0.4, -0.2) is 5.75 Å². The minimum absolute atomic E-state index is 1.06. The highest BCUT2D eigenvalue weighted by atomic mass is 32.2. The topological polar surface area (TPSA) is 0 Å². The molecule has 20 heavy (non-hydrogen) atoms. The van der Waals surface area contributed by atoms with Crippen LogP contribution in [0.3, 0.4) is 0 Å². The second-order valence-corrected chi connectivity index (χ2v) is 5.44. The minimum Gasteiger partial charge on any atom is -0.126 e. The maximum atomic E-state index is 2.32. The molecule has 0 bridgehead atoms. The van der Waals surface area contributed by atoms with Crippen molar-refractivity contribution in [2.45, 2.75) is 59.3 Å². The highest BCUT2D eigenvalue weighted by molar-refractivity contribution is 7.99. The summed E-state index contributed by atoms with van der Waals surface area (Å²) in [6.07, 6.45) is 9.05. The molecule has 0 saturated heterocycles. The Morgan fingerprint density at radius 2 is 1.70 bits per heavy atom. The minimum atomic E-state index is 1.06. The lowest BCUT2D eigenvalue weighted by Gasteiger charge is -2.09. The van der Waals surface area contributed by atoms with Crippen LogP contribution in [-0.2, 0) is 6.42 Å². The highest BCUT2D eigenvalue weighted by Crippen LogP contribution is 2.26. The molecule has 0 fully saturated rings. The molecular weight excluding hydrogens is 260 g/mol. The molecule has 112 valence electrons. The Morgan fingerprint density at radius 1 is 1.00 bits per heavy atom. The van der Waals surface area contributed by atoms with Gasteiger partial charge in [-0.2, -0.15) is 0 Å². The number of hydrogen-bond acceptors (Lipinski definition) is 1. The molecule has 0 amide bonds. The zero-order valence-corrected chi connectivity index (χ0v) is 14.8. The third kappa shape index (κ3) is 7.00. The SMILES string of the molecule is CC.CC.CC1=C/Cc2cc(C)ccc2SCC/C=C\1. The quantitative estimate of drug-likeness (QED) is 0.519. The van der Waals surface area contributed by atoms with Gasteiger partial charge in [0.1, 0.15) is 0 Å². The van der Waals surface area contributed by atoms with Gasteiger partial charge in [0, 0.05) is 10.6 Å². The number of thioether (sulfide) groups is 1. The van der Waals surface area contributed by atoms with Gasteiger partial charge >= 0.3 is 0 Å². The molecule has 0 saturated carbocycles. The summed E-state index contributed by atoms with van der Waals surface area (Å²) in [6.45, 7) is 12.3. The van der Waals surface area contributed by atoms with Gasteiger partial charge in [0.15, 0.2) is 0 Å². The molecule has 0 N–H and O–H groups in total. The van der Waals surface area contributed by atoms with Crippen LogP contribution < -0.4 is 0 Å². The van der Waals surface area contributed by atoms with Gasteiger partial charge in [-0.05, 0) is 38.3 Å². The van der Waals surface area contributed by atoms with Crippen molar-refractivity contribution in [2.75, 3.05) is 5.75 Å². The van der Waals surface area contributed by atoms with Gasteiger partial charge in [0.2, 0.25) is 0 Å². The predicted molar refractivity (Wildman–Crippen MR) is 95.8 cm³/mol. The Kier molecular flexibility index (Phi) is 11.3. The first-order valence-electron chi connectivity index (χ1n) is 7.81. The molecule has 0 aromatic heterocycles. The van der Waals surface area contributed by atoms with E-state index in [9.17, 15) is 0 Å². The molecule has 1 heterocycles. The third-order valence-corrected chi connectivity index (χ3v) is 3.93. The summed E-state index contributed by atoms with van der Waals surface area (Å²) >= 11 is 1.97. The second kappa shape index (κ2) is 11.8. The predicted octanol–water partition coefficient (Wildman–Crippen LogP) is 6.59. The van der Waals surface area contributed by atoms with Gasteiger partial charge in [-0.15, -0.1) is 11.8 Å². The zero-order chi connectivity index (χ0) is 15.4. The van der Waals surface area contributed by atoms with E-state index in [2.05, 4.69) is 50.3 Å². The lowest BCUT2D eigenvalue weighted by Crippen LogP contribution is -1.91. The summed E-state index contributed by atoms with van der Waals surface area (Å²) < 4.78 is 0. The van der Waals surface area contributed by atoms with E-state index in [-0.39, 0.29) is 0 Å². The normalized spacial score (nSPS) is 18.0. The van der Waals surface area contributed by atoms with Gasteiger partial charge in [0.25, 0.3) is 0 Å². The van der Waals surface area contributed by atoms with Crippen molar-refractivity contribution in [1.82, 2.24) is 0 Å². The van der Waals surface area contributed by atoms with Crippen molar-refractivity contribution < 1.29 is 0 Å². The standard InChI is InChI=1S/C15H18S.2C2H6/c1-12-5-3-4-10-16-15-9-7-13(2)11-14(15)8-6-12;2*1-2/h3,5-7,9,11H,4,8,10H2,1-2H3;2*1-2H3/b5-3-,12-6-;;. The number of hydrogen-bond donors (Lipinski definition) is 0. The van der Waals surface area contributed by atoms with Crippen molar-refractivity contribution in [3.63, 3.8) is 0 Å². The molecule has 1 aliphatic rings. The van der Waals surface area contributed by atoms with Crippen LogP contribution in [0.1, 0.15) is 52.2 Å². The van der Waals surface area contributed by atoms with Crippen molar-refractivity contribution in [2.24, 2.45) is 0 Å². The Hall–Kier alpha value is -0.950. The summed E-state index contributed by atoms with van der Waals surface area (Å²) in [6, 6.07) is 6.80. The summed E-state index contributed by atoms with van der Waals surface area (Å²) in [5.74, 6) is 1.18. The Labute approximate surface area is 130 Å². The molecule has 1 aromatic carbocycles. The van der Waals surface area contributed by atoms with Crippen molar-refractivity contribution in [3.05, 3.63) is 53.1 Å². The van der Waals surface area contributed by atoms with Gasteiger partial charge in [0.05, 0.1) is 0 Å². The number of rotatable bonds is 0. The third-order valence-electron chi connectivity index (χ3n) is 2.78. The Bertz CT molecular complexity index is 427. The summed E-state index contributed by atoms with van der Waals surface area (Å²) in [5.41, 5.74) is 4.21. The van der Waals surface area contributed by atoms with Crippen molar-refractivity contribution in [1.29, 1.82) is 0 Å². The first-order chi connectivity index (χ1) is 9.75. The highest BCUT2D eigenvalue weighted by Gasteiger charge is 2.03. The van der Waals surface area contributed by atoms with E-state index in [1.807, 2.05) is 39.5 Å². The molecule has 0 atom stereocenters. The number of aryl methyl sites for hydroxylation is 1. The first kappa shape index (κ1) is 19.1. The van der Waals surface area contributed by atoms with E-state index >= 15 is 0 Å². The molecule has 2 rings (SSSR count).